The molecule has 0 saturated carbocycles. The van der Waals surface area contributed by atoms with Crippen molar-refractivity contribution >= 4 is 17.7 Å². The van der Waals surface area contributed by atoms with Gasteiger partial charge in [-0.1, -0.05) is 0 Å². The number of carboxylic acid groups (broad SMARTS) is 1. The van der Waals surface area contributed by atoms with Gasteiger partial charge in [-0.05, 0) is 31.0 Å². The lowest BCUT2D eigenvalue weighted by Gasteiger charge is -2.16. The van der Waals surface area contributed by atoms with E-state index in [-0.39, 0.29) is 23.0 Å². The molecule has 0 atom stereocenters. The van der Waals surface area contributed by atoms with E-state index in [1.165, 1.54) is 12.1 Å². The number of nitrogens with zero attached hydrogens (tertiary/aromatic N) is 1. The van der Waals surface area contributed by atoms with Gasteiger partial charge in [-0.3, -0.25) is 0 Å². The van der Waals surface area contributed by atoms with Crippen molar-refractivity contribution < 1.29 is 19.8 Å². The standard InChI is InChI=1S/C12H14N2O4/c15-10-7-8(11(16)17)3-4-9(10)13-12(18)14-5-1-2-6-14/h3-4,7,15H,1-2,5-6H2,(H,13,18)(H,16,17). The molecule has 1 aromatic rings. The number of carbonyl (C=O) groups is 2. The summed E-state index contributed by atoms with van der Waals surface area (Å²) in [6.07, 6.45) is 1.97. The molecule has 6 heteroatoms. The highest BCUT2D eigenvalue weighted by atomic mass is 16.4. The number of hydrogen-bond donors (Lipinski definition) is 3. The Morgan fingerprint density at radius 3 is 2.44 bits per heavy atom. The number of carbonyl (C=O) groups excluding carboxylic acids is 1. The zero-order valence-electron chi connectivity index (χ0n) is 9.72. The van der Waals surface area contributed by atoms with E-state index in [0.29, 0.717) is 13.1 Å². The maximum absolute atomic E-state index is 11.8. The van der Waals surface area contributed by atoms with Crippen LogP contribution in [0.4, 0.5) is 10.5 Å². The van der Waals surface area contributed by atoms with E-state index in [1.807, 2.05) is 0 Å². The first-order valence-corrected chi connectivity index (χ1v) is 5.70. The van der Waals surface area contributed by atoms with Crippen LogP contribution in [0.25, 0.3) is 0 Å². The molecule has 0 radical (unpaired) electrons. The third-order valence-corrected chi connectivity index (χ3v) is 2.88. The Balaban J connectivity index is 2.09. The number of nitrogens with one attached hydrogen (secondary N) is 1. The second-order valence-electron chi connectivity index (χ2n) is 4.16. The van der Waals surface area contributed by atoms with Crippen molar-refractivity contribution in [1.29, 1.82) is 0 Å². The van der Waals surface area contributed by atoms with Gasteiger partial charge in [0.15, 0.2) is 0 Å². The highest BCUT2D eigenvalue weighted by Gasteiger charge is 2.19. The van der Waals surface area contributed by atoms with Gasteiger partial charge in [-0.25, -0.2) is 9.59 Å². The summed E-state index contributed by atoms with van der Waals surface area (Å²) in [4.78, 5) is 24.1. The van der Waals surface area contributed by atoms with Gasteiger partial charge in [0.1, 0.15) is 5.75 Å². The number of hydrogen-bond acceptors (Lipinski definition) is 3. The second-order valence-corrected chi connectivity index (χ2v) is 4.16. The number of likely N-dealkylation sites (tertiary alicyclic amines) is 1. The van der Waals surface area contributed by atoms with Gasteiger partial charge in [0.2, 0.25) is 0 Å². The largest absolute Gasteiger partial charge is 0.506 e. The van der Waals surface area contributed by atoms with Crippen LogP contribution in [0.1, 0.15) is 23.2 Å². The summed E-state index contributed by atoms with van der Waals surface area (Å²) in [6.45, 7) is 1.42. The summed E-state index contributed by atoms with van der Waals surface area (Å²) in [7, 11) is 0. The number of anilines is 1. The summed E-state index contributed by atoms with van der Waals surface area (Å²) >= 11 is 0. The number of phenolic OH excluding ortho intramolecular Hbond substituents is 1. The monoisotopic (exact) mass is 250 g/mol. The van der Waals surface area contributed by atoms with Crippen molar-refractivity contribution in [2.24, 2.45) is 0 Å². The third kappa shape index (κ3) is 2.53. The minimum Gasteiger partial charge on any atom is -0.506 e. The molecule has 1 aliphatic heterocycles. The van der Waals surface area contributed by atoms with E-state index in [9.17, 15) is 14.7 Å². The minimum atomic E-state index is -1.12. The fourth-order valence-corrected chi connectivity index (χ4v) is 1.88. The molecule has 1 aliphatic rings. The highest BCUT2D eigenvalue weighted by molar-refractivity contribution is 5.93. The number of benzene rings is 1. The van der Waals surface area contributed by atoms with E-state index in [0.717, 1.165) is 18.9 Å². The van der Waals surface area contributed by atoms with Crippen molar-refractivity contribution in [1.82, 2.24) is 4.90 Å². The molecular formula is C12H14N2O4. The SMILES string of the molecule is O=C(O)c1ccc(NC(=O)N2CCCC2)c(O)c1. The molecule has 0 aromatic heterocycles. The smallest absolute Gasteiger partial charge is 0.335 e. The van der Waals surface area contributed by atoms with E-state index >= 15 is 0 Å². The van der Waals surface area contributed by atoms with Gasteiger partial charge in [-0.15, -0.1) is 0 Å². The van der Waals surface area contributed by atoms with Crippen LogP contribution in [0.15, 0.2) is 18.2 Å². The summed E-state index contributed by atoms with van der Waals surface area (Å²) in [6, 6.07) is 3.56. The average Bonchev–Trinajstić information content (AvgIpc) is 2.85. The molecule has 0 unspecified atom stereocenters. The number of rotatable bonds is 2. The molecule has 6 nitrogen and oxygen atoms in total. The lowest BCUT2D eigenvalue weighted by atomic mass is 10.2. The molecule has 0 aliphatic carbocycles. The van der Waals surface area contributed by atoms with Crippen molar-refractivity contribution in [3.63, 3.8) is 0 Å². The maximum Gasteiger partial charge on any atom is 0.335 e. The molecule has 1 fully saturated rings. The maximum atomic E-state index is 11.8. The van der Waals surface area contributed by atoms with Crippen LogP contribution in [0.3, 0.4) is 0 Å². The molecular weight excluding hydrogens is 236 g/mol. The fraction of sp³-hybridized carbons (Fsp3) is 0.333. The molecule has 3 N–H and O–H groups in total. The number of aromatic carboxylic acids is 1. The Kier molecular flexibility index (Phi) is 3.36. The van der Waals surface area contributed by atoms with Gasteiger partial charge < -0.3 is 20.4 Å². The Morgan fingerprint density at radius 2 is 1.89 bits per heavy atom. The molecule has 96 valence electrons. The molecule has 2 amide bonds. The molecule has 1 saturated heterocycles. The molecule has 2 rings (SSSR count). The summed E-state index contributed by atoms with van der Waals surface area (Å²) in [5.41, 5.74) is 0.198. The van der Waals surface area contributed by atoms with Gasteiger partial charge in [-0.2, -0.15) is 0 Å². The Morgan fingerprint density at radius 1 is 1.22 bits per heavy atom. The zero-order chi connectivity index (χ0) is 13.1. The van der Waals surface area contributed by atoms with Crippen molar-refractivity contribution in [2.45, 2.75) is 12.8 Å². The number of carboxylic acids is 1. The van der Waals surface area contributed by atoms with Crippen molar-refractivity contribution in [3.05, 3.63) is 23.8 Å². The van der Waals surface area contributed by atoms with E-state index < -0.39 is 5.97 Å². The van der Waals surface area contributed by atoms with Gasteiger partial charge in [0, 0.05) is 13.1 Å². The summed E-state index contributed by atoms with van der Waals surface area (Å²) < 4.78 is 0. The number of urea groups is 1. The van der Waals surface area contributed by atoms with Crippen LogP contribution in [-0.4, -0.2) is 40.2 Å². The zero-order valence-corrected chi connectivity index (χ0v) is 9.72. The fourth-order valence-electron chi connectivity index (χ4n) is 1.88. The first-order valence-electron chi connectivity index (χ1n) is 5.70. The Labute approximate surface area is 104 Å². The predicted molar refractivity (Wildman–Crippen MR) is 64.9 cm³/mol. The van der Waals surface area contributed by atoms with Crippen LogP contribution in [0.5, 0.6) is 5.75 Å². The number of aromatic hydroxyl groups is 1. The van der Waals surface area contributed by atoms with Crippen LogP contribution in [-0.2, 0) is 0 Å². The molecule has 0 spiro atoms. The van der Waals surface area contributed by atoms with Crippen LogP contribution >= 0.6 is 0 Å². The topological polar surface area (TPSA) is 89.9 Å². The Hall–Kier alpha value is -2.24. The van der Waals surface area contributed by atoms with Crippen molar-refractivity contribution in [3.8, 4) is 5.75 Å². The summed E-state index contributed by atoms with van der Waals surface area (Å²) in [5.74, 6) is -1.37. The molecule has 18 heavy (non-hydrogen) atoms. The third-order valence-electron chi connectivity index (χ3n) is 2.88. The number of phenols is 1. The first-order chi connectivity index (χ1) is 8.58. The van der Waals surface area contributed by atoms with Crippen LogP contribution < -0.4 is 5.32 Å². The highest BCUT2D eigenvalue weighted by Crippen LogP contribution is 2.25. The predicted octanol–water partition coefficient (Wildman–Crippen LogP) is 1.72. The van der Waals surface area contributed by atoms with Gasteiger partial charge in [0.05, 0.1) is 11.3 Å². The average molecular weight is 250 g/mol. The lowest BCUT2D eigenvalue weighted by Crippen LogP contribution is -2.32. The second kappa shape index (κ2) is 4.95. The molecule has 0 bridgehead atoms. The van der Waals surface area contributed by atoms with Gasteiger partial charge >= 0.3 is 12.0 Å². The van der Waals surface area contributed by atoms with Crippen LogP contribution in [0, 0.1) is 0 Å². The van der Waals surface area contributed by atoms with E-state index in [2.05, 4.69) is 5.32 Å². The van der Waals surface area contributed by atoms with E-state index in [1.54, 1.807) is 4.90 Å². The van der Waals surface area contributed by atoms with E-state index in [4.69, 9.17) is 5.11 Å². The Bertz CT molecular complexity index is 481. The minimum absolute atomic E-state index is 0.0216. The van der Waals surface area contributed by atoms with Gasteiger partial charge in [0.25, 0.3) is 0 Å². The first kappa shape index (κ1) is 12.2. The molecule has 1 heterocycles. The lowest BCUT2D eigenvalue weighted by molar-refractivity contribution is 0.0696. The number of amides is 2. The normalized spacial score (nSPS) is 14.6. The van der Waals surface area contributed by atoms with Crippen LogP contribution in [0.2, 0.25) is 0 Å². The van der Waals surface area contributed by atoms with Crippen molar-refractivity contribution in [2.75, 3.05) is 18.4 Å². The quantitative estimate of drug-likeness (QED) is 0.697. The summed E-state index contributed by atoms with van der Waals surface area (Å²) in [5, 5.41) is 20.9. The molecule has 1 aromatic carbocycles.